The molecule has 2 amide bonds. The number of hydrogen-bond acceptors (Lipinski definition) is 5. The van der Waals surface area contributed by atoms with Gasteiger partial charge in [0.15, 0.2) is 11.5 Å². The maximum atomic E-state index is 13.2. The topological polar surface area (TPSA) is 79.9 Å². The normalized spacial score (nSPS) is 16.4. The highest BCUT2D eigenvalue weighted by molar-refractivity contribution is 5.93. The third kappa shape index (κ3) is 4.83. The van der Waals surface area contributed by atoms with Crippen LogP contribution < -0.4 is 20.1 Å². The lowest BCUT2D eigenvalue weighted by molar-refractivity contribution is -0.121. The number of benzene rings is 2. The van der Waals surface area contributed by atoms with E-state index in [1.54, 1.807) is 30.3 Å². The van der Waals surface area contributed by atoms with Crippen molar-refractivity contribution in [2.75, 3.05) is 37.1 Å². The molecule has 2 aromatic rings. The van der Waals surface area contributed by atoms with E-state index in [9.17, 15) is 14.0 Å². The summed E-state index contributed by atoms with van der Waals surface area (Å²) < 4.78 is 23.8. The van der Waals surface area contributed by atoms with Crippen molar-refractivity contribution in [3.8, 4) is 11.5 Å². The molecule has 0 spiro atoms. The number of nitrogens with zero attached hydrogens (tertiary/aromatic N) is 1. The number of ether oxygens (including phenoxy) is 2. The molecule has 4 rings (SSSR count). The highest BCUT2D eigenvalue weighted by atomic mass is 19.1. The van der Waals surface area contributed by atoms with Crippen LogP contribution in [0.25, 0.3) is 0 Å². The lowest BCUT2D eigenvalue weighted by Gasteiger charge is -2.30. The van der Waals surface area contributed by atoms with E-state index >= 15 is 0 Å². The van der Waals surface area contributed by atoms with E-state index in [0.29, 0.717) is 48.8 Å². The second-order valence-corrected chi connectivity index (χ2v) is 7.17. The van der Waals surface area contributed by atoms with E-state index in [0.717, 1.165) is 0 Å². The third-order valence-corrected chi connectivity index (χ3v) is 5.07. The molecule has 0 aromatic heterocycles. The van der Waals surface area contributed by atoms with E-state index < -0.39 is 5.82 Å². The molecule has 0 radical (unpaired) electrons. The van der Waals surface area contributed by atoms with Gasteiger partial charge in [0.05, 0.1) is 6.54 Å². The Balaban J connectivity index is 1.23. The van der Waals surface area contributed by atoms with Crippen molar-refractivity contribution in [2.45, 2.75) is 12.8 Å². The molecule has 0 aliphatic carbocycles. The smallest absolute Gasteiger partial charge is 0.238 e. The predicted octanol–water partition coefficient (Wildman–Crippen LogP) is 2.84. The van der Waals surface area contributed by atoms with E-state index in [-0.39, 0.29) is 31.1 Å². The average Bonchev–Trinajstić information content (AvgIpc) is 3.16. The van der Waals surface area contributed by atoms with Crippen LogP contribution in [-0.4, -0.2) is 43.1 Å². The first-order chi connectivity index (χ1) is 14.1. The number of halogens is 1. The molecule has 2 aliphatic heterocycles. The minimum Gasteiger partial charge on any atom is -0.454 e. The number of carbonyl (C=O) groups is 2. The van der Waals surface area contributed by atoms with Crippen LogP contribution in [0, 0.1) is 11.7 Å². The van der Waals surface area contributed by atoms with E-state index in [4.69, 9.17) is 9.47 Å². The Kier molecular flexibility index (Phi) is 5.62. The molecule has 0 unspecified atom stereocenters. The fraction of sp³-hybridized carbons (Fsp3) is 0.333. The van der Waals surface area contributed by atoms with Crippen molar-refractivity contribution in [1.82, 2.24) is 4.90 Å². The molecule has 1 saturated heterocycles. The predicted molar refractivity (Wildman–Crippen MR) is 105 cm³/mol. The summed E-state index contributed by atoms with van der Waals surface area (Å²) in [5.74, 6) is 0.571. The third-order valence-electron chi connectivity index (χ3n) is 5.07. The summed E-state index contributed by atoms with van der Waals surface area (Å²) in [5.41, 5.74) is 1.11. The summed E-state index contributed by atoms with van der Waals surface area (Å²) in [4.78, 5) is 26.7. The Morgan fingerprint density at radius 3 is 2.55 bits per heavy atom. The van der Waals surface area contributed by atoms with Gasteiger partial charge < -0.3 is 20.1 Å². The number of amides is 2. The van der Waals surface area contributed by atoms with Crippen molar-refractivity contribution in [1.29, 1.82) is 0 Å². The van der Waals surface area contributed by atoms with Crippen LogP contribution >= 0.6 is 0 Å². The van der Waals surface area contributed by atoms with Crippen molar-refractivity contribution in [3.63, 3.8) is 0 Å². The SMILES string of the molecule is O=C(CN1CCC(C(=O)Nc2ccc3c(c2)OCO3)CC1)Nc1cccc(F)c1. The minimum absolute atomic E-state index is 0.0345. The maximum Gasteiger partial charge on any atom is 0.238 e. The summed E-state index contributed by atoms with van der Waals surface area (Å²) in [5, 5.41) is 5.62. The van der Waals surface area contributed by atoms with Crippen molar-refractivity contribution >= 4 is 23.2 Å². The molecular formula is C21H22FN3O4. The largest absolute Gasteiger partial charge is 0.454 e. The maximum absolute atomic E-state index is 13.2. The molecule has 0 atom stereocenters. The lowest BCUT2D eigenvalue weighted by atomic mass is 9.95. The second-order valence-electron chi connectivity index (χ2n) is 7.17. The number of likely N-dealkylation sites (tertiary alicyclic amines) is 1. The molecule has 1 fully saturated rings. The zero-order valence-corrected chi connectivity index (χ0v) is 15.8. The molecular weight excluding hydrogens is 377 g/mol. The van der Waals surface area contributed by atoms with Crippen LogP contribution in [0.15, 0.2) is 42.5 Å². The summed E-state index contributed by atoms with van der Waals surface area (Å²) >= 11 is 0. The number of carbonyl (C=O) groups excluding carboxylic acids is 2. The van der Waals surface area contributed by atoms with Gasteiger partial charge in [-0.3, -0.25) is 14.5 Å². The number of piperidine rings is 1. The highest BCUT2D eigenvalue weighted by Crippen LogP contribution is 2.34. The van der Waals surface area contributed by atoms with Crippen LogP contribution in [0.4, 0.5) is 15.8 Å². The van der Waals surface area contributed by atoms with E-state index in [1.807, 2.05) is 4.90 Å². The van der Waals surface area contributed by atoms with Crippen LogP contribution in [-0.2, 0) is 9.59 Å². The molecule has 2 N–H and O–H groups in total. The lowest BCUT2D eigenvalue weighted by Crippen LogP contribution is -2.41. The standard InChI is InChI=1S/C21H22FN3O4/c22-15-2-1-3-16(10-15)23-20(26)12-25-8-6-14(7-9-25)21(27)24-17-4-5-18-19(11-17)29-13-28-18/h1-5,10-11,14H,6-9,12-13H2,(H,23,26)(H,24,27). The van der Waals surface area contributed by atoms with Crippen molar-refractivity contribution < 1.29 is 23.5 Å². The summed E-state index contributed by atoms with van der Waals surface area (Å²) in [6, 6.07) is 11.1. The molecule has 152 valence electrons. The highest BCUT2D eigenvalue weighted by Gasteiger charge is 2.26. The van der Waals surface area contributed by atoms with Crippen LogP contribution in [0.2, 0.25) is 0 Å². The van der Waals surface area contributed by atoms with Gasteiger partial charge in [-0.15, -0.1) is 0 Å². The minimum atomic E-state index is -0.392. The summed E-state index contributed by atoms with van der Waals surface area (Å²) in [7, 11) is 0. The first kappa shape index (κ1) is 19.2. The molecule has 2 heterocycles. The summed E-state index contributed by atoms with van der Waals surface area (Å²) in [6.07, 6.45) is 1.34. The van der Waals surface area contributed by atoms with Gasteiger partial charge in [-0.1, -0.05) is 6.07 Å². The number of anilines is 2. The van der Waals surface area contributed by atoms with Gasteiger partial charge in [0, 0.05) is 23.4 Å². The Labute approximate surface area is 167 Å². The fourth-order valence-electron chi connectivity index (χ4n) is 3.54. The monoisotopic (exact) mass is 399 g/mol. The van der Waals surface area contributed by atoms with Gasteiger partial charge in [-0.05, 0) is 56.3 Å². The first-order valence-electron chi connectivity index (χ1n) is 9.55. The van der Waals surface area contributed by atoms with Crippen LogP contribution in [0.1, 0.15) is 12.8 Å². The molecule has 0 saturated carbocycles. The van der Waals surface area contributed by atoms with Gasteiger partial charge in [-0.2, -0.15) is 0 Å². The quantitative estimate of drug-likeness (QED) is 0.808. The molecule has 29 heavy (non-hydrogen) atoms. The number of rotatable bonds is 5. The number of fused-ring (bicyclic) bond motifs is 1. The Morgan fingerprint density at radius 1 is 1.00 bits per heavy atom. The zero-order valence-electron chi connectivity index (χ0n) is 15.8. The second kappa shape index (κ2) is 8.48. The Hall–Kier alpha value is -3.13. The van der Waals surface area contributed by atoms with E-state index in [2.05, 4.69) is 10.6 Å². The van der Waals surface area contributed by atoms with Gasteiger partial charge >= 0.3 is 0 Å². The fourth-order valence-corrected chi connectivity index (χ4v) is 3.54. The van der Waals surface area contributed by atoms with Crippen LogP contribution in [0.5, 0.6) is 11.5 Å². The van der Waals surface area contributed by atoms with Crippen molar-refractivity contribution in [3.05, 3.63) is 48.3 Å². The Morgan fingerprint density at radius 2 is 1.76 bits per heavy atom. The molecule has 8 heteroatoms. The average molecular weight is 399 g/mol. The molecule has 0 bridgehead atoms. The molecule has 2 aromatic carbocycles. The Bertz CT molecular complexity index is 913. The number of nitrogens with one attached hydrogen (secondary N) is 2. The zero-order chi connectivity index (χ0) is 20.2. The molecule has 2 aliphatic rings. The van der Waals surface area contributed by atoms with Gasteiger partial charge in [0.1, 0.15) is 5.82 Å². The van der Waals surface area contributed by atoms with Crippen molar-refractivity contribution in [2.24, 2.45) is 5.92 Å². The van der Waals surface area contributed by atoms with Crippen LogP contribution in [0.3, 0.4) is 0 Å². The summed E-state index contributed by atoms with van der Waals surface area (Å²) in [6.45, 7) is 1.70. The number of hydrogen-bond donors (Lipinski definition) is 2. The molecule has 7 nitrogen and oxygen atoms in total. The first-order valence-corrected chi connectivity index (χ1v) is 9.55. The van der Waals surface area contributed by atoms with E-state index in [1.165, 1.54) is 12.1 Å². The van der Waals surface area contributed by atoms with Gasteiger partial charge in [0.2, 0.25) is 18.6 Å². The van der Waals surface area contributed by atoms with Gasteiger partial charge in [0.25, 0.3) is 0 Å². The van der Waals surface area contributed by atoms with Gasteiger partial charge in [-0.25, -0.2) is 4.39 Å².